The van der Waals surface area contributed by atoms with E-state index in [0.717, 1.165) is 34.1 Å². The maximum Gasteiger partial charge on any atom is 0.155 e. The fourth-order valence-corrected chi connectivity index (χ4v) is 3.48. The molecule has 6 heteroatoms. The summed E-state index contributed by atoms with van der Waals surface area (Å²) in [7, 11) is 0. The second-order valence-corrected chi connectivity index (χ2v) is 6.92. The third-order valence-corrected chi connectivity index (χ3v) is 5.08. The van der Waals surface area contributed by atoms with Gasteiger partial charge in [0.2, 0.25) is 0 Å². The zero-order valence-electron chi connectivity index (χ0n) is 14.9. The molecule has 0 N–H and O–H groups in total. The van der Waals surface area contributed by atoms with E-state index in [2.05, 4.69) is 45.7 Å². The lowest BCUT2D eigenvalue weighted by Gasteiger charge is -2.16. The topological polar surface area (TPSA) is 61.4 Å². The van der Waals surface area contributed by atoms with Crippen LogP contribution in [0.3, 0.4) is 0 Å². The van der Waals surface area contributed by atoms with Gasteiger partial charge in [-0.15, -0.1) is 0 Å². The number of hydrogen-bond acceptors (Lipinski definition) is 4. The largest absolute Gasteiger partial charge is 0.325 e. The van der Waals surface area contributed by atoms with Gasteiger partial charge in [0.15, 0.2) is 11.6 Å². The highest BCUT2D eigenvalue weighted by Crippen LogP contribution is 2.39. The van der Waals surface area contributed by atoms with Crippen molar-refractivity contribution in [1.29, 1.82) is 0 Å². The monoisotopic (exact) mass is 344 g/mol. The summed E-state index contributed by atoms with van der Waals surface area (Å²) in [6.07, 6.45) is 8.00. The van der Waals surface area contributed by atoms with Gasteiger partial charge in [0, 0.05) is 29.9 Å². The molecule has 1 fully saturated rings. The summed E-state index contributed by atoms with van der Waals surface area (Å²) in [5, 5.41) is 5.99. The van der Waals surface area contributed by atoms with Crippen LogP contribution in [0, 0.1) is 6.92 Å². The SMILES string of the molecule is Cc1nccn1C(C)c1nc(C2CC2)nn1-c1cccc2cccnc12. The summed E-state index contributed by atoms with van der Waals surface area (Å²) in [6, 6.07) is 10.3. The van der Waals surface area contributed by atoms with Crippen molar-refractivity contribution in [3.63, 3.8) is 0 Å². The van der Waals surface area contributed by atoms with Crippen LogP contribution in [-0.4, -0.2) is 29.3 Å². The first kappa shape index (κ1) is 15.3. The standard InChI is InChI=1S/C20H20N6/c1-13(25-12-11-21-14(25)2)20-23-19(16-8-9-16)24-26(20)17-7-3-5-15-6-4-10-22-18(15)17/h3-7,10-13,16H,8-9H2,1-2H3. The lowest BCUT2D eigenvalue weighted by Crippen LogP contribution is -2.14. The first-order valence-corrected chi connectivity index (χ1v) is 9.03. The van der Waals surface area contributed by atoms with E-state index < -0.39 is 0 Å². The van der Waals surface area contributed by atoms with Crippen LogP contribution < -0.4 is 0 Å². The number of pyridine rings is 1. The Hall–Kier alpha value is -3.02. The van der Waals surface area contributed by atoms with Crippen molar-refractivity contribution in [1.82, 2.24) is 29.3 Å². The Labute approximate surface area is 151 Å². The number of nitrogens with zero attached hydrogens (tertiary/aromatic N) is 6. The maximum absolute atomic E-state index is 4.93. The molecule has 3 aromatic heterocycles. The average molecular weight is 344 g/mol. The van der Waals surface area contributed by atoms with Crippen LogP contribution >= 0.6 is 0 Å². The van der Waals surface area contributed by atoms with Crippen molar-refractivity contribution in [2.75, 3.05) is 0 Å². The molecule has 3 heterocycles. The van der Waals surface area contributed by atoms with E-state index >= 15 is 0 Å². The van der Waals surface area contributed by atoms with Crippen LogP contribution in [0.15, 0.2) is 48.9 Å². The minimum Gasteiger partial charge on any atom is -0.325 e. The molecule has 1 atom stereocenters. The van der Waals surface area contributed by atoms with Crippen molar-refractivity contribution in [2.45, 2.75) is 38.6 Å². The Morgan fingerprint density at radius 3 is 2.69 bits per heavy atom. The third kappa shape index (κ3) is 2.41. The number of aryl methyl sites for hydroxylation is 1. The van der Waals surface area contributed by atoms with Crippen LogP contribution in [0.1, 0.15) is 49.2 Å². The Bertz CT molecular complexity index is 1080. The molecule has 26 heavy (non-hydrogen) atoms. The smallest absolute Gasteiger partial charge is 0.155 e. The summed E-state index contributed by atoms with van der Waals surface area (Å²) in [5.41, 5.74) is 1.92. The Morgan fingerprint density at radius 1 is 1.08 bits per heavy atom. The van der Waals surface area contributed by atoms with Crippen LogP contribution in [0.5, 0.6) is 0 Å². The Kier molecular flexibility index (Phi) is 3.38. The minimum atomic E-state index is 0.0384. The van der Waals surface area contributed by atoms with E-state index in [9.17, 15) is 0 Å². The number of hydrogen-bond donors (Lipinski definition) is 0. The molecule has 0 spiro atoms. The van der Waals surface area contributed by atoms with Gasteiger partial charge in [-0.2, -0.15) is 5.10 Å². The van der Waals surface area contributed by atoms with Gasteiger partial charge in [-0.25, -0.2) is 14.6 Å². The number of benzene rings is 1. The zero-order valence-corrected chi connectivity index (χ0v) is 14.9. The number of fused-ring (bicyclic) bond motifs is 1. The molecule has 0 amide bonds. The van der Waals surface area contributed by atoms with E-state index in [4.69, 9.17) is 10.1 Å². The van der Waals surface area contributed by atoms with Gasteiger partial charge in [0.05, 0.1) is 17.2 Å². The van der Waals surface area contributed by atoms with Gasteiger partial charge in [-0.1, -0.05) is 18.2 Å². The highest BCUT2D eigenvalue weighted by molar-refractivity contribution is 5.86. The molecular formula is C20H20N6. The highest BCUT2D eigenvalue weighted by atomic mass is 15.4. The van der Waals surface area contributed by atoms with Crippen LogP contribution in [0.4, 0.5) is 0 Å². The normalized spacial score (nSPS) is 15.5. The van der Waals surface area contributed by atoms with Crippen LogP contribution in [0.25, 0.3) is 16.6 Å². The molecule has 1 saturated carbocycles. The molecular weight excluding hydrogens is 324 g/mol. The van der Waals surface area contributed by atoms with Gasteiger partial charge in [0.1, 0.15) is 5.82 Å². The van der Waals surface area contributed by atoms with Crippen LogP contribution in [-0.2, 0) is 0 Å². The first-order chi connectivity index (χ1) is 12.7. The molecule has 5 rings (SSSR count). The van der Waals surface area contributed by atoms with Crippen LogP contribution in [0.2, 0.25) is 0 Å². The van der Waals surface area contributed by atoms with Gasteiger partial charge >= 0.3 is 0 Å². The highest BCUT2D eigenvalue weighted by Gasteiger charge is 2.31. The molecule has 6 nitrogen and oxygen atoms in total. The minimum absolute atomic E-state index is 0.0384. The Balaban J connectivity index is 1.72. The molecule has 1 aliphatic rings. The number of aromatic nitrogens is 6. The van der Waals surface area contributed by atoms with Crippen molar-refractivity contribution in [3.8, 4) is 5.69 Å². The van der Waals surface area contributed by atoms with Gasteiger partial charge in [0.25, 0.3) is 0 Å². The predicted molar refractivity (Wildman–Crippen MR) is 99.4 cm³/mol. The third-order valence-electron chi connectivity index (χ3n) is 5.08. The van der Waals surface area contributed by atoms with Gasteiger partial charge < -0.3 is 4.57 Å². The molecule has 0 saturated heterocycles. The second-order valence-electron chi connectivity index (χ2n) is 6.92. The predicted octanol–water partition coefficient (Wildman–Crippen LogP) is 3.81. The lowest BCUT2D eigenvalue weighted by molar-refractivity contribution is 0.566. The molecule has 0 bridgehead atoms. The number of imidazole rings is 1. The molecule has 1 aliphatic carbocycles. The Morgan fingerprint density at radius 2 is 1.92 bits per heavy atom. The van der Waals surface area contributed by atoms with E-state index in [0.29, 0.717) is 5.92 Å². The average Bonchev–Trinajstić information content (AvgIpc) is 3.28. The summed E-state index contributed by atoms with van der Waals surface area (Å²) in [6.45, 7) is 4.16. The van der Waals surface area contributed by atoms with Gasteiger partial charge in [-0.05, 0) is 38.8 Å². The summed E-state index contributed by atoms with van der Waals surface area (Å²) >= 11 is 0. The maximum atomic E-state index is 4.93. The van der Waals surface area contributed by atoms with E-state index in [1.807, 2.05) is 36.3 Å². The van der Waals surface area contributed by atoms with Crippen molar-refractivity contribution >= 4 is 10.9 Å². The second kappa shape index (κ2) is 5.76. The molecule has 1 unspecified atom stereocenters. The van der Waals surface area contributed by atoms with E-state index in [1.165, 1.54) is 12.8 Å². The first-order valence-electron chi connectivity index (χ1n) is 9.03. The van der Waals surface area contributed by atoms with Crippen molar-refractivity contribution < 1.29 is 0 Å². The fourth-order valence-electron chi connectivity index (χ4n) is 3.48. The van der Waals surface area contributed by atoms with Crippen molar-refractivity contribution in [3.05, 3.63) is 66.4 Å². The summed E-state index contributed by atoms with van der Waals surface area (Å²) < 4.78 is 4.11. The molecule has 1 aromatic carbocycles. The molecule has 4 aromatic rings. The summed E-state index contributed by atoms with van der Waals surface area (Å²) in [5.74, 6) is 3.33. The quantitative estimate of drug-likeness (QED) is 0.565. The zero-order chi connectivity index (χ0) is 17.7. The summed E-state index contributed by atoms with van der Waals surface area (Å²) in [4.78, 5) is 13.9. The molecule has 0 aliphatic heterocycles. The number of para-hydroxylation sites is 1. The van der Waals surface area contributed by atoms with Gasteiger partial charge in [-0.3, -0.25) is 4.98 Å². The molecule has 0 radical (unpaired) electrons. The van der Waals surface area contributed by atoms with E-state index in [1.54, 1.807) is 0 Å². The molecule has 130 valence electrons. The van der Waals surface area contributed by atoms with E-state index in [-0.39, 0.29) is 6.04 Å². The fraction of sp³-hybridized carbons (Fsp3) is 0.300. The lowest BCUT2D eigenvalue weighted by atomic mass is 10.2. The van der Waals surface area contributed by atoms with Crippen molar-refractivity contribution in [2.24, 2.45) is 0 Å². The number of rotatable bonds is 4.